The highest BCUT2D eigenvalue weighted by atomic mass is 32.2. The Bertz CT molecular complexity index is 213. The van der Waals surface area contributed by atoms with Crippen LogP contribution in [0.15, 0.2) is 0 Å². The summed E-state index contributed by atoms with van der Waals surface area (Å²) in [4.78, 5) is 11.1. The van der Waals surface area contributed by atoms with E-state index in [0.717, 1.165) is 0 Å². The van der Waals surface area contributed by atoms with E-state index in [9.17, 15) is 4.79 Å². The minimum absolute atomic E-state index is 0.0525. The molecular formula is C9H16N2O2S. The first kappa shape index (κ1) is 13.3. The van der Waals surface area contributed by atoms with Gasteiger partial charge in [0.1, 0.15) is 0 Å². The van der Waals surface area contributed by atoms with E-state index in [2.05, 4.69) is 5.32 Å². The predicted octanol–water partition coefficient (Wildman–Crippen LogP) is 0.519. The van der Waals surface area contributed by atoms with Crippen LogP contribution in [-0.2, 0) is 4.79 Å². The number of nitrogens with zero attached hydrogens (tertiary/aromatic N) is 1. The average molecular weight is 216 g/mol. The van der Waals surface area contributed by atoms with E-state index in [0.29, 0.717) is 18.7 Å². The molecular weight excluding hydrogens is 200 g/mol. The maximum atomic E-state index is 11.1. The maximum Gasteiger partial charge on any atom is 0.230 e. The zero-order valence-corrected chi connectivity index (χ0v) is 9.30. The largest absolute Gasteiger partial charge is 0.392 e. The zero-order valence-electron chi connectivity index (χ0n) is 8.49. The number of carbonyl (C=O) groups excluding carboxylic acids is 1. The molecule has 0 fully saturated rings. The highest BCUT2D eigenvalue weighted by molar-refractivity contribution is 8.00. The molecule has 0 saturated carbocycles. The summed E-state index contributed by atoms with van der Waals surface area (Å²) in [5, 5.41) is 20.0. The predicted molar refractivity (Wildman–Crippen MR) is 56.8 cm³/mol. The van der Waals surface area contributed by atoms with Gasteiger partial charge in [-0.25, -0.2) is 0 Å². The number of nitrogens with one attached hydrogen (secondary N) is 1. The summed E-state index contributed by atoms with van der Waals surface area (Å²) in [6, 6.07) is 1.94. The highest BCUT2D eigenvalue weighted by Gasteiger charge is 2.11. The van der Waals surface area contributed by atoms with Gasteiger partial charge in [0.25, 0.3) is 0 Å². The fourth-order valence-corrected chi connectivity index (χ4v) is 1.45. The standard InChI is InChI=1S/C9H16N2O2S/c1-7(12)8(2)14-6-9(13)11-5-3-4-10/h7-8,12H,3,5-6H2,1-2H3,(H,11,13). The van der Waals surface area contributed by atoms with Gasteiger partial charge in [-0.15, -0.1) is 11.8 Å². The fourth-order valence-electron chi connectivity index (χ4n) is 0.655. The summed E-state index contributed by atoms with van der Waals surface area (Å²) in [7, 11) is 0. The third-order valence-corrected chi connectivity index (χ3v) is 3.06. The summed E-state index contributed by atoms with van der Waals surface area (Å²) in [6.45, 7) is 3.97. The molecule has 0 saturated heterocycles. The van der Waals surface area contributed by atoms with Gasteiger partial charge >= 0.3 is 0 Å². The molecule has 4 nitrogen and oxygen atoms in total. The van der Waals surface area contributed by atoms with Crippen LogP contribution < -0.4 is 5.32 Å². The van der Waals surface area contributed by atoms with Crippen LogP contribution in [0, 0.1) is 11.3 Å². The molecule has 0 aliphatic heterocycles. The second-order valence-electron chi connectivity index (χ2n) is 3.01. The topological polar surface area (TPSA) is 73.1 Å². The third kappa shape index (κ3) is 6.75. The number of hydrogen-bond acceptors (Lipinski definition) is 4. The van der Waals surface area contributed by atoms with Gasteiger partial charge in [0.2, 0.25) is 5.91 Å². The van der Waals surface area contributed by atoms with E-state index < -0.39 is 6.10 Å². The van der Waals surface area contributed by atoms with Crippen LogP contribution in [0.2, 0.25) is 0 Å². The molecule has 2 N–H and O–H groups in total. The van der Waals surface area contributed by atoms with Crippen LogP contribution in [0.4, 0.5) is 0 Å². The van der Waals surface area contributed by atoms with Gasteiger partial charge in [0, 0.05) is 11.8 Å². The molecule has 0 rings (SSSR count). The normalized spacial score (nSPS) is 14.1. The second-order valence-corrected chi connectivity index (χ2v) is 4.38. The van der Waals surface area contributed by atoms with Crippen molar-refractivity contribution < 1.29 is 9.90 Å². The van der Waals surface area contributed by atoms with Crippen LogP contribution in [-0.4, -0.2) is 34.7 Å². The molecule has 5 heteroatoms. The Morgan fingerprint density at radius 2 is 2.29 bits per heavy atom. The van der Waals surface area contributed by atoms with Gasteiger partial charge in [0.05, 0.1) is 24.3 Å². The summed E-state index contributed by atoms with van der Waals surface area (Å²) in [5.74, 6) is 0.245. The lowest BCUT2D eigenvalue weighted by Gasteiger charge is -2.13. The van der Waals surface area contributed by atoms with Gasteiger partial charge in [0.15, 0.2) is 0 Å². The SMILES string of the molecule is CC(O)C(C)SCC(=O)NCCC#N. The number of amides is 1. The van der Waals surface area contributed by atoms with E-state index in [1.807, 2.05) is 13.0 Å². The minimum Gasteiger partial charge on any atom is -0.392 e. The Morgan fingerprint density at radius 3 is 2.79 bits per heavy atom. The molecule has 0 spiro atoms. The summed E-state index contributed by atoms with van der Waals surface area (Å²) < 4.78 is 0. The smallest absolute Gasteiger partial charge is 0.230 e. The van der Waals surface area contributed by atoms with E-state index in [1.165, 1.54) is 11.8 Å². The van der Waals surface area contributed by atoms with Crippen molar-refractivity contribution in [2.24, 2.45) is 0 Å². The number of aliphatic hydroxyl groups excluding tert-OH is 1. The van der Waals surface area contributed by atoms with E-state index in [4.69, 9.17) is 10.4 Å². The molecule has 0 bridgehead atoms. The van der Waals surface area contributed by atoms with Crippen molar-refractivity contribution in [3.8, 4) is 6.07 Å². The monoisotopic (exact) mass is 216 g/mol. The lowest BCUT2D eigenvalue weighted by Crippen LogP contribution is -2.27. The molecule has 0 aromatic carbocycles. The summed E-state index contributed by atoms with van der Waals surface area (Å²) >= 11 is 1.41. The number of carbonyl (C=O) groups is 1. The van der Waals surface area contributed by atoms with Gasteiger partial charge < -0.3 is 10.4 Å². The minimum atomic E-state index is -0.410. The quantitative estimate of drug-likeness (QED) is 0.635. The lowest BCUT2D eigenvalue weighted by molar-refractivity contribution is -0.118. The van der Waals surface area contributed by atoms with Gasteiger partial charge in [-0.1, -0.05) is 6.92 Å². The van der Waals surface area contributed by atoms with Crippen molar-refractivity contribution >= 4 is 17.7 Å². The van der Waals surface area contributed by atoms with Gasteiger partial charge in [-0.3, -0.25) is 4.79 Å². The number of nitriles is 1. The lowest BCUT2D eigenvalue weighted by atomic mass is 10.3. The van der Waals surface area contributed by atoms with Crippen molar-refractivity contribution in [2.75, 3.05) is 12.3 Å². The van der Waals surface area contributed by atoms with Crippen LogP contribution in [0.5, 0.6) is 0 Å². The van der Waals surface area contributed by atoms with Crippen molar-refractivity contribution in [2.45, 2.75) is 31.6 Å². The van der Waals surface area contributed by atoms with Crippen LogP contribution in [0.25, 0.3) is 0 Å². The first-order valence-electron chi connectivity index (χ1n) is 4.51. The molecule has 0 aliphatic rings. The van der Waals surface area contributed by atoms with E-state index in [-0.39, 0.29) is 11.2 Å². The fraction of sp³-hybridized carbons (Fsp3) is 0.778. The molecule has 0 aromatic heterocycles. The average Bonchev–Trinajstić information content (AvgIpc) is 2.14. The molecule has 1 amide bonds. The maximum absolute atomic E-state index is 11.1. The molecule has 80 valence electrons. The third-order valence-electron chi connectivity index (χ3n) is 1.72. The summed E-state index contributed by atoms with van der Waals surface area (Å²) in [6.07, 6.45) is -0.0746. The Kier molecular flexibility index (Phi) is 7.25. The van der Waals surface area contributed by atoms with Crippen LogP contribution in [0.1, 0.15) is 20.3 Å². The Hall–Kier alpha value is -0.730. The molecule has 2 unspecified atom stereocenters. The first-order valence-corrected chi connectivity index (χ1v) is 5.56. The Balaban J connectivity index is 3.50. The second kappa shape index (κ2) is 7.65. The molecule has 14 heavy (non-hydrogen) atoms. The van der Waals surface area contributed by atoms with Crippen molar-refractivity contribution in [3.05, 3.63) is 0 Å². The van der Waals surface area contributed by atoms with Crippen molar-refractivity contribution in [1.29, 1.82) is 5.26 Å². The number of thioether (sulfide) groups is 1. The Labute approximate surface area is 88.7 Å². The molecule has 0 aliphatic carbocycles. The number of aliphatic hydroxyl groups is 1. The van der Waals surface area contributed by atoms with Gasteiger partial charge in [-0.05, 0) is 6.92 Å². The summed E-state index contributed by atoms with van der Waals surface area (Å²) in [5.41, 5.74) is 0. The van der Waals surface area contributed by atoms with Crippen molar-refractivity contribution in [1.82, 2.24) is 5.32 Å². The Morgan fingerprint density at radius 1 is 1.64 bits per heavy atom. The molecule has 0 aromatic rings. The van der Waals surface area contributed by atoms with Gasteiger partial charge in [-0.2, -0.15) is 5.26 Å². The first-order chi connectivity index (χ1) is 6.57. The van der Waals surface area contributed by atoms with Crippen LogP contribution >= 0.6 is 11.8 Å². The molecule has 2 atom stereocenters. The van der Waals surface area contributed by atoms with Crippen molar-refractivity contribution in [3.63, 3.8) is 0 Å². The zero-order chi connectivity index (χ0) is 11.0. The number of hydrogen-bond donors (Lipinski definition) is 2. The molecule has 0 heterocycles. The highest BCUT2D eigenvalue weighted by Crippen LogP contribution is 2.13. The van der Waals surface area contributed by atoms with Crippen LogP contribution in [0.3, 0.4) is 0 Å². The van der Waals surface area contributed by atoms with E-state index in [1.54, 1.807) is 6.92 Å². The molecule has 0 radical (unpaired) electrons. The van der Waals surface area contributed by atoms with E-state index >= 15 is 0 Å². The number of rotatable bonds is 6.